The van der Waals surface area contributed by atoms with Gasteiger partial charge in [0.25, 0.3) is 0 Å². The van der Waals surface area contributed by atoms with Crippen molar-refractivity contribution in [2.45, 2.75) is 18.9 Å². The molecule has 3 aromatic rings. The van der Waals surface area contributed by atoms with E-state index in [0.717, 1.165) is 27.9 Å². The van der Waals surface area contributed by atoms with Crippen molar-refractivity contribution in [3.8, 4) is 0 Å². The molecule has 5 unspecified atom stereocenters. The molecule has 1 saturated heterocycles. The molecule has 7 heteroatoms. The molecule has 3 aliphatic rings. The lowest BCUT2D eigenvalue weighted by atomic mass is 9.85. The van der Waals surface area contributed by atoms with Crippen LogP contribution < -0.4 is 5.32 Å². The predicted octanol–water partition coefficient (Wildman–Crippen LogP) is 2.77. The number of imidazole rings is 1. The fourth-order valence-electron chi connectivity index (χ4n) is 5.71. The molecule has 2 aromatic carbocycles. The van der Waals surface area contributed by atoms with Crippen LogP contribution in [-0.4, -0.2) is 39.1 Å². The van der Waals surface area contributed by atoms with E-state index in [1.165, 1.54) is 0 Å². The van der Waals surface area contributed by atoms with E-state index in [1.54, 1.807) is 0 Å². The van der Waals surface area contributed by atoms with Gasteiger partial charge in [-0.05, 0) is 42.4 Å². The molecule has 3 amide bonds. The van der Waals surface area contributed by atoms with Crippen molar-refractivity contribution in [1.29, 1.82) is 0 Å². The third-order valence-electron chi connectivity index (χ3n) is 7.22. The fourth-order valence-corrected chi connectivity index (χ4v) is 5.71. The minimum absolute atomic E-state index is 0.130. The Morgan fingerprint density at radius 1 is 1.00 bits per heavy atom. The number of carbonyl (C=O) groups is 3. The Bertz CT molecular complexity index is 1220. The van der Waals surface area contributed by atoms with E-state index in [9.17, 15) is 14.4 Å². The second-order valence-electron chi connectivity index (χ2n) is 9.21. The Morgan fingerprint density at radius 2 is 1.67 bits per heavy atom. The van der Waals surface area contributed by atoms with Crippen LogP contribution in [0.2, 0.25) is 0 Å². The van der Waals surface area contributed by atoms with Gasteiger partial charge in [0.1, 0.15) is 12.4 Å². The van der Waals surface area contributed by atoms with Gasteiger partial charge in [0.2, 0.25) is 17.7 Å². The molecule has 2 heterocycles. The van der Waals surface area contributed by atoms with Gasteiger partial charge in [-0.25, -0.2) is 4.98 Å². The summed E-state index contributed by atoms with van der Waals surface area (Å²) in [5, 5.41) is 3.02. The number of benzene rings is 2. The maximum atomic E-state index is 13.1. The number of allylic oxidation sites excluding steroid dienone is 2. The fraction of sp³-hybridized carbons (Fsp3) is 0.308. The highest BCUT2D eigenvalue weighted by Crippen LogP contribution is 2.52. The molecule has 2 aliphatic carbocycles. The first-order chi connectivity index (χ1) is 16.1. The monoisotopic (exact) mass is 440 g/mol. The Labute approximate surface area is 190 Å². The predicted molar refractivity (Wildman–Crippen MR) is 122 cm³/mol. The number of imide groups is 1. The third-order valence-corrected chi connectivity index (χ3v) is 7.22. The molecule has 5 atom stereocenters. The number of likely N-dealkylation sites (tertiary alicyclic amines) is 1. The molecule has 1 saturated carbocycles. The van der Waals surface area contributed by atoms with E-state index in [4.69, 9.17) is 0 Å². The lowest BCUT2D eigenvalue weighted by Gasteiger charge is -2.20. The zero-order valence-electron chi connectivity index (χ0n) is 18.0. The van der Waals surface area contributed by atoms with E-state index in [1.807, 2.05) is 54.6 Å². The first kappa shape index (κ1) is 19.9. The Balaban J connectivity index is 1.22. The highest BCUT2D eigenvalue weighted by molar-refractivity contribution is 6.08. The second-order valence-corrected chi connectivity index (χ2v) is 9.21. The SMILES string of the molecule is O=C(CN1C(=O)C2C3C=CC(C3)C2C1=O)NC(Cc1ccccc1)c1nc2ccccc2[nH]1. The van der Waals surface area contributed by atoms with Crippen LogP contribution in [0.3, 0.4) is 0 Å². The summed E-state index contributed by atoms with van der Waals surface area (Å²) < 4.78 is 0. The molecule has 2 fully saturated rings. The third kappa shape index (κ3) is 3.35. The molecule has 33 heavy (non-hydrogen) atoms. The first-order valence-corrected chi connectivity index (χ1v) is 11.4. The van der Waals surface area contributed by atoms with Crippen LogP contribution in [-0.2, 0) is 20.8 Å². The molecule has 0 spiro atoms. The van der Waals surface area contributed by atoms with Crippen molar-refractivity contribution in [2.24, 2.45) is 23.7 Å². The van der Waals surface area contributed by atoms with Crippen LogP contribution in [0.5, 0.6) is 0 Å². The molecule has 1 aliphatic heterocycles. The lowest BCUT2D eigenvalue weighted by molar-refractivity contribution is -0.144. The van der Waals surface area contributed by atoms with Gasteiger partial charge in [-0.3, -0.25) is 19.3 Å². The van der Waals surface area contributed by atoms with Crippen molar-refractivity contribution in [3.05, 3.63) is 78.1 Å². The highest BCUT2D eigenvalue weighted by Gasteiger charge is 2.59. The summed E-state index contributed by atoms with van der Waals surface area (Å²) in [6.45, 7) is -0.254. The van der Waals surface area contributed by atoms with Crippen LogP contribution in [0.4, 0.5) is 0 Å². The molecular formula is C26H24N4O3. The topological polar surface area (TPSA) is 95.2 Å². The van der Waals surface area contributed by atoms with Gasteiger partial charge < -0.3 is 10.3 Å². The van der Waals surface area contributed by atoms with E-state index < -0.39 is 6.04 Å². The van der Waals surface area contributed by atoms with Gasteiger partial charge in [0.05, 0.1) is 28.9 Å². The quantitative estimate of drug-likeness (QED) is 0.455. The van der Waals surface area contributed by atoms with Crippen LogP contribution in [0, 0.1) is 23.7 Å². The molecule has 7 nitrogen and oxygen atoms in total. The number of aromatic nitrogens is 2. The van der Waals surface area contributed by atoms with Crippen molar-refractivity contribution >= 4 is 28.8 Å². The zero-order valence-corrected chi connectivity index (χ0v) is 18.0. The molecule has 166 valence electrons. The summed E-state index contributed by atoms with van der Waals surface area (Å²) in [5.74, 6) is -0.464. The number of nitrogens with one attached hydrogen (secondary N) is 2. The van der Waals surface area contributed by atoms with Gasteiger partial charge >= 0.3 is 0 Å². The summed E-state index contributed by atoms with van der Waals surface area (Å²) in [6, 6.07) is 17.1. The normalized spacial score (nSPS) is 26.2. The number of amides is 3. The van der Waals surface area contributed by atoms with Gasteiger partial charge in [-0.1, -0.05) is 54.6 Å². The first-order valence-electron chi connectivity index (χ1n) is 11.4. The summed E-state index contributed by atoms with van der Waals surface area (Å²) in [7, 11) is 0. The van der Waals surface area contributed by atoms with Crippen LogP contribution >= 0.6 is 0 Å². The molecule has 1 aromatic heterocycles. The van der Waals surface area contributed by atoms with Crippen LogP contribution in [0.1, 0.15) is 23.9 Å². The second kappa shape index (κ2) is 7.69. The van der Waals surface area contributed by atoms with Crippen LogP contribution in [0.25, 0.3) is 11.0 Å². The zero-order chi connectivity index (χ0) is 22.5. The number of aromatic amines is 1. The Kier molecular flexibility index (Phi) is 4.64. The number of H-pyrrole nitrogens is 1. The van der Waals surface area contributed by atoms with Gasteiger partial charge in [0.15, 0.2) is 0 Å². The van der Waals surface area contributed by atoms with Crippen molar-refractivity contribution < 1.29 is 14.4 Å². The number of carbonyl (C=O) groups excluding carboxylic acids is 3. The largest absolute Gasteiger partial charge is 0.344 e. The van der Waals surface area contributed by atoms with E-state index in [-0.39, 0.29) is 47.9 Å². The van der Waals surface area contributed by atoms with Crippen LogP contribution in [0.15, 0.2) is 66.7 Å². The summed E-state index contributed by atoms with van der Waals surface area (Å²) in [4.78, 5) is 48.1. The van der Waals surface area contributed by atoms with Crippen molar-refractivity contribution in [1.82, 2.24) is 20.2 Å². The number of para-hydroxylation sites is 2. The number of nitrogens with zero attached hydrogens (tertiary/aromatic N) is 2. The van der Waals surface area contributed by atoms with Gasteiger partial charge in [0, 0.05) is 0 Å². The summed E-state index contributed by atoms with van der Waals surface area (Å²) >= 11 is 0. The summed E-state index contributed by atoms with van der Waals surface area (Å²) in [5.41, 5.74) is 2.76. The Morgan fingerprint density at radius 3 is 2.36 bits per heavy atom. The molecular weight excluding hydrogens is 416 g/mol. The van der Waals surface area contributed by atoms with E-state index in [2.05, 4.69) is 27.4 Å². The number of fused-ring (bicyclic) bond motifs is 6. The smallest absolute Gasteiger partial charge is 0.240 e. The molecule has 0 radical (unpaired) electrons. The van der Waals surface area contributed by atoms with Crippen molar-refractivity contribution in [3.63, 3.8) is 0 Å². The van der Waals surface area contributed by atoms with Gasteiger partial charge in [-0.15, -0.1) is 0 Å². The summed E-state index contributed by atoms with van der Waals surface area (Å²) in [6.07, 6.45) is 5.52. The maximum absolute atomic E-state index is 13.1. The minimum atomic E-state index is -0.419. The number of rotatable bonds is 6. The molecule has 2 bridgehead atoms. The number of hydrogen-bond acceptors (Lipinski definition) is 4. The molecule has 6 rings (SSSR count). The minimum Gasteiger partial charge on any atom is -0.344 e. The van der Waals surface area contributed by atoms with E-state index in [0.29, 0.717) is 12.2 Å². The standard InChI is InChI=1S/C26H24N4O3/c31-21(14-30-25(32)22-16-10-11-17(13-16)23(22)26(30)33)27-20(12-15-6-2-1-3-7-15)24-28-18-8-4-5-9-19(18)29-24/h1-11,16-17,20,22-23H,12-14H2,(H,27,31)(H,28,29). The lowest BCUT2D eigenvalue weighted by Crippen LogP contribution is -2.43. The average molecular weight is 441 g/mol. The molecule has 2 N–H and O–H groups in total. The van der Waals surface area contributed by atoms with E-state index >= 15 is 0 Å². The number of hydrogen-bond donors (Lipinski definition) is 2. The average Bonchev–Trinajstić information content (AvgIpc) is 3.59. The van der Waals surface area contributed by atoms with Crippen molar-refractivity contribution in [2.75, 3.05) is 6.54 Å². The highest BCUT2D eigenvalue weighted by atomic mass is 16.2. The maximum Gasteiger partial charge on any atom is 0.240 e. The Hall–Kier alpha value is -3.74. The van der Waals surface area contributed by atoms with Gasteiger partial charge in [-0.2, -0.15) is 0 Å².